The highest BCUT2D eigenvalue weighted by Gasteiger charge is 2.80. The highest BCUT2D eigenvalue weighted by Crippen LogP contribution is 2.55. The molecule has 7 heteroatoms. The summed E-state index contributed by atoms with van der Waals surface area (Å²) in [6.45, 7) is 2.07. The zero-order valence-electron chi connectivity index (χ0n) is 15.3. The summed E-state index contributed by atoms with van der Waals surface area (Å²) in [5.41, 5.74) is -4.40. The Hall–Kier alpha value is -1.73. The van der Waals surface area contributed by atoms with Crippen molar-refractivity contribution in [2.24, 2.45) is 29.6 Å². The van der Waals surface area contributed by atoms with E-state index in [0.29, 0.717) is 0 Å². The van der Waals surface area contributed by atoms with E-state index in [-0.39, 0.29) is 30.7 Å². The summed E-state index contributed by atoms with van der Waals surface area (Å²) in [5.74, 6) is -3.24. The molecular formula is C20H25NO6. The number of nitrogens with zero attached hydrogens (tertiary/aromatic N) is 1. The summed E-state index contributed by atoms with van der Waals surface area (Å²) < 4.78 is 5.25. The first-order chi connectivity index (χ1) is 12.8. The van der Waals surface area contributed by atoms with Crippen molar-refractivity contribution in [1.29, 1.82) is 0 Å². The van der Waals surface area contributed by atoms with Crippen LogP contribution in [-0.2, 0) is 19.1 Å². The predicted molar refractivity (Wildman–Crippen MR) is 91.8 cm³/mol. The molecule has 5 rings (SSSR count). The summed E-state index contributed by atoms with van der Waals surface area (Å²) in [6.07, 6.45) is 6.92. The molecule has 0 radical (unpaired) electrons. The molecule has 8 atom stereocenters. The van der Waals surface area contributed by atoms with E-state index in [1.54, 1.807) is 0 Å². The maximum absolute atomic E-state index is 13.6. The van der Waals surface area contributed by atoms with Gasteiger partial charge in [-0.1, -0.05) is 31.9 Å². The number of amides is 1. The molecule has 2 aliphatic carbocycles. The van der Waals surface area contributed by atoms with Gasteiger partial charge >= 0.3 is 5.97 Å². The van der Waals surface area contributed by atoms with E-state index in [1.165, 1.54) is 0 Å². The molecule has 5 aliphatic rings. The average Bonchev–Trinajstić information content (AvgIpc) is 3.19. The van der Waals surface area contributed by atoms with Gasteiger partial charge in [-0.15, -0.1) is 0 Å². The van der Waals surface area contributed by atoms with Crippen LogP contribution in [0.5, 0.6) is 0 Å². The van der Waals surface area contributed by atoms with Crippen molar-refractivity contribution < 1.29 is 29.3 Å². The second kappa shape index (κ2) is 5.41. The highest BCUT2D eigenvalue weighted by molar-refractivity contribution is 6.14. The van der Waals surface area contributed by atoms with Gasteiger partial charge in [-0.25, -0.2) is 0 Å². The number of hydrogen-bond acceptors (Lipinski definition) is 6. The lowest BCUT2D eigenvalue weighted by Gasteiger charge is -2.42. The molecule has 0 spiro atoms. The van der Waals surface area contributed by atoms with Crippen molar-refractivity contribution in [3.8, 4) is 0 Å². The lowest BCUT2D eigenvalue weighted by molar-refractivity contribution is -0.173. The van der Waals surface area contributed by atoms with E-state index in [9.17, 15) is 24.6 Å². The minimum Gasteiger partial charge on any atom is -0.453 e. The Kier molecular flexibility index (Phi) is 3.48. The fourth-order valence-corrected chi connectivity index (χ4v) is 6.34. The molecule has 0 bridgehead atoms. The van der Waals surface area contributed by atoms with Crippen LogP contribution in [0, 0.1) is 29.6 Å². The van der Waals surface area contributed by atoms with Crippen LogP contribution in [0.4, 0.5) is 0 Å². The van der Waals surface area contributed by atoms with Crippen molar-refractivity contribution in [2.75, 3.05) is 6.54 Å². The van der Waals surface area contributed by atoms with Gasteiger partial charge in [0, 0.05) is 12.5 Å². The van der Waals surface area contributed by atoms with Gasteiger partial charge in [-0.05, 0) is 37.0 Å². The monoisotopic (exact) mass is 375 g/mol. The van der Waals surface area contributed by atoms with E-state index < -0.39 is 46.9 Å². The summed E-state index contributed by atoms with van der Waals surface area (Å²) in [4.78, 5) is 40.0. The zero-order valence-corrected chi connectivity index (χ0v) is 15.3. The number of fused-ring (bicyclic) bond motifs is 1. The number of hydrogen-bond donors (Lipinski definition) is 2. The van der Waals surface area contributed by atoms with Crippen molar-refractivity contribution >= 4 is 17.7 Å². The smallest absolute Gasteiger partial charge is 0.314 e. The fraction of sp³-hybridized carbons (Fsp3) is 0.750. The number of allylic oxidation sites excluding steroid dienone is 2. The Balaban J connectivity index is 1.55. The molecule has 4 fully saturated rings. The Morgan fingerprint density at radius 2 is 1.93 bits per heavy atom. The summed E-state index contributed by atoms with van der Waals surface area (Å²) in [7, 11) is 0. The first-order valence-corrected chi connectivity index (χ1v) is 10.0. The maximum atomic E-state index is 13.6. The van der Waals surface area contributed by atoms with Crippen molar-refractivity contribution in [3.63, 3.8) is 0 Å². The van der Waals surface area contributed by atoms with E-state index >= 15 is 0 Å². The molecule has 1 saturated carbocycles. The molecule has 27 heavy (non-hydrogen) atoms. The lowest BCUT2D eigenvalue weighted by Crippen LogP contribution is -2.59. The summed E-state index contributed by atoms with van der Waals surface area (Å²) >= 11 is 0. The number of esters is 1. The minimum atomic E-state index is -2.49. The van der Waals surface area contributed by atoms with E-state index in [2.05, 4.69) is 6.08 Å². The molecular weight excluding hydrogens is 350 g/mol. The average molecular weight is 375 g/mol. The van der Waals surface area contributed by atoms with Gasteiger partial charge in [0.1, 0.15) is 5.92 Å². The molecule has 7 nitrogen and oxygen atoms in total. The largest absolute Gasteiger partial charge is 0.453 e. The molecule has 0 aromatic heterocycles. The van der Waals surface area contributed by atoms with Crippen LogP contribution in [-0.4, -0.2) is 56.7 Å². The van der Waals surface area contributed by atoms with Crippen LogP contribution in [0.3, 0.4) is 0 Å². The second-order valence-corrected chi connectivity index (χ2v) is 8.91. The van der Waals surface area contributed by atoms with Crippen LogP contribution in [0.15, 0.2) is 12.2 Å². The van der Waals surface area contributed by atoms with Crippen LogP contribution < -0.4 is 0 Å². The normalized spacial score (nSPS) is 50.6. The van der Waals surface area contributed by atoms with E-state index in [4.69, 9.17) is 4.74 Å². The maximum Gasteiger partial charge on any atom is 0.314 e. The molecule has 1 amide bonds. The number of Topliss-reactive ketones (excluding diaryl/α,β-unsaturated/α-hetero) is 1. The molecule has 2 N–H and O–H groups in total. The van der Waals surface area contributed by atoms with Gasteiger partial charge in [-0.2, -0.15) is 0 Å². The van der Waals surface area contributed by atoms with E-state index in [0.717, 1.165) is 30.6 Å². The van der Waals surface area contributed by atoms with Crippen LogP contribution >= 0.6 is 0 Å². The van der Waals surface area contributed by atoms with Crippen molar-refractivity contribution in [3.05, 3.63) is 12.2 Å². The lowest BCUT2D eigenvalue weighted by atomic mass is 9.61. The van der Waals surface area contributed by atoms with E-state index in [1.807, 2.05) is 13.0 Å². The third-order valence-electron chi connectivity index (χ3n) is 7.68. The number of ketones is 1. The Morgan fingerprint density at radius 1 is 1.19 bits per heavy atom. The van der Waals surface area contributed by atoms with Crippen molar-refractivity contribution in [2.45, 2.75) is 56.5 Å². The minimum absolute atomic E-state index is 0.0704. The van der Waals surface area contributed by atoms with Gasteiger partial charge < -0.3 is 19.8 Å². The molecule has 0 aromatic carbocycles. The number of carbonyl (C=O) groups excluding carboxylic acids is 3. The third-order valence-corrected chi connectivity index (χ3v) is 7.68. The number of carbonyl (C=O) groups is 3. The topological polar surface area (TPSA) is 104 Å². The van der Waals surface area contributed by atoms with Crippen LogP contribution in [0.2, 0.25) is 0 Å². The first-order valence-electron chi connectivity index (χ1n) is 10.0. The molecule has 146 valence electrons. The fourth-order valence-electron chi connectivity index (χ4n) is 6.34. The quantitative estimate of drug-likeness (QED) is 0.411. The third kappa shape index (κ3) is 1.92. The predicted octanol–water partition coefficient (Wildman–Crippen LogP) is 0.391. The summed E-state index contributed by atoms with van der Waals surface area (Å²) in [6, 6.07) is 0. The van der Waals surface area contributed by atoms with Gasteiger partial charge in [-0.3, -0.25) is 14.4 Å². The summed E-state index contributed by atoms with van der Waals surface area (Å²) in [5, 5.41) is 22.4. The molecule has 0 unspecified atom stereocenters. The van der Waals surface area contributed by atoms with Gasteiger partial charge in [0.2, 0.25) is 5.60 Å². The zero-order chi connectivity index (χ0) is 19.1. The second-order valence-electron chi connectivity index (χ2n) is 8.91. The number of aliphatic hydroxyl groups is 2. The molecule has 3 heterocycles. The Labute approximate surface area is 157 Å². The highest BCUT2D eigenvalue weighted by atomic mass is 16.6. The van der Waals surface area contributed by atoms with Crippen LogP contribution in [0.25, 0.3) is 0 Å². The first kappa shape index (κ1) is 17.4. The Morgan fingerprint density at radius 3 is 2.70 bits per heavy atom. The SMILES string of the molecule is C[C@H]1C=C[C@H]2CCCC[C@@H]2[C@H]1C(=O)[C@@]1(O)C(=O)N2CC[C@H]3C(=O)O[C@@H]1[C@]32O. The van der Waals surface area contributed by atoms with Crippen LogP contribution in [0.1, 0.15) is 39.0 Å². The standard InChI is InChI=1S/C20H25NO6/c1-10-6-7-11-4-2-3-5-12(11)14(10)15(22)19(25)17-20(26)13(16(23)27-17)8-9-21(20)18(19)24/h6-7,10-14,17,25-26H,2-5,8-9H2,1H3/t10-,11+,12-,13-,14-,17-,19-,20+/m0/s1. The number of ether oxygens (including phenoxy) is 1. The molecule has 0 aromatic rings. The molecule has 3 aliphatic heterocycles. The van der Waals surface area contributed by atoms with Gasteiger partial charge in [0.25, 0.3) is 5.91 Å². The van der Waals surface area contributed by atoms with Crippen molar-refractivity contribution in [1.82, 2.24) is 4.90 Å². The van der Waals surface area contributed by atoms with Gasteiger partial charge in [0.05, 0.1) is 0 Å². The Bertz CT molecular complexity index is 764. The number of rotatable bonds is 2. The molecule has 3 saturated heterocycles. The van der Waals surface area contributed by atoms with Gasteiger partial charge in [0.15, 0.2) is 17.6 Å².